The monoisotopic (exact) mass is 282 g/mol. The molecule has 0 atom stereocenters. The summed E-state index contributed by atoms with van der Waals surface area (Å²) in [7, 11) is -1.86. The highest BCUT2D eigenvalue weighted by Crippen LogP contribution is 2.15. The number of likely N-dealkylation sites (N-methyl/N-ethyl adjacent to an activating group) is 1. The summed E-state index contributed by atoms with van der Waals surface area (Å²) in [5, 5.41) is 3.29. The topological polar surface area (TPSA) is 49.4 Å². The van der Waals surface area contributed by atoms with Crippen molar-refractivity contribution in [1.82, 2.24) is 9.62 Å². The van der Waals surface area contributed by atoms with Crippen LogP contribution in [0.25, 0.3) is 0 Å². The van der Waals surface area contributed by atoms with E-state index in [1.165, 1.54) is 4.31 Å². The normalized spacial score (nSPS) is 12.1. The van der Waals surface area contributed by atoms with Crippen molar-refractivity contribution in [3.63, 3.8) is 0 Å². The minimum atomic E-state index is -3.41. The maximum atomic E-state index is 12.2. The predicted octanol–water partition coefficient (Wildman–Crippen LogP) is 1.99. The Kier molecular flexibility index (Phi) is 5.72. The third-order valence-corrected chi connectivity index (χ3v) is 4.57. The van der Waals surface area contributed by atoms with Crippen molar-refractivity contribution in [3.05, 3.63) is 42.5 Å². The molecule has 0 aliphatic carbocycles. The average molecular weight is 282 g/mol. The number of hydrogen-bond donors (Lipinski definition) is 1. The molecular formula is C14H22N2O2S. The summed E-state index contributed by atoms with van der Waals surface area (Å²) in [4.78, 5) is 0.310. The second kappa shape index (κ2) is 6.84. The molecule has 0 unspecified atom stereocenters. The number of rotatable bonds is 7. The van der Waals surface area contributed by atoms with Gasteiger partial charge < -0.3 is 5.32 Å². The van der Waals surface area contributed by atoms with E-state index in [0.717, 1.165) is 12.1 Å². The van der Waals surface area contributed by atoms with Crippen LogP contribution in [0.2, 0.25) is 0 Å². The van der Waals surface area contributed by atoms with Crippen molar-refractivity contribution in [1.29, 1.82) is 0 Å². The second-order valence-electron chi connectivity index (χ2n) is 4.75. The van der Waals surface area contributed by atoms with E-state index in [2.05, 4.69) is 25.7 Å². The summed E-state index contributed by atoms with van der Waals surface area (Å²) >= 11 is 0. The maximum absolute atomic E-state index is 12.2. The van der Waals surface area contributed by atoms with Gasteiger partial charge in [-0.15, -0.1) is 6.58 Å². The van der Waals surface area contributed by atoms with Gasteiger partial charge in [-0.3, -0.25) is 0 Å². The predicted molar refractivity (Wildman–Crippen MR) is 78.4 cm³/mol. The summed E-state index contributed by atoms with van der Waals surface area (Å²) in [5.41, 5.74) is 1.07. The number of sulfonamides is 1. The number of nitrogens with zero attached hydrogens (tertiary/aromatic N) is 1. The fraction of sp³-hybridized carbons (Fsp3) is 0.429. The van der Waals surface area contributed by atoms with Gasteiger partial charge in [-0.2, -0.15) is 4.31 Å². The van der Waals surface area contributed by atoms with E-state index in [1.807, 2.05) is 12.1 Å². The largest absolute Gasteiger partial charge is 0.310 e. The minimum Gasteiger partial charge on any atom is -0.310 e. The van der Waals surface area contributed by atoms with Gasteiger partial charge in [0.1, 0.15) is 0 Å². The Bertz CT molecular complexity index is 507. The molecule has 19 heavy (non-hydrogen) atoms. The standard InChI is InChI=1S/C14H22N2O2S/c1-5-10-16(4)19(17,18)14-8-6-13(7-9-14)11-15-12(2)3/h5-9,12,15H,1,10-11H2,2-4H3. The van der Waals surface area contributed by atoms with Crippen LogP contribution < -0.4 is 5.32 Å². The first kappa shape index (κ1) is 15.9. The molecule has 0 amide bonds. The lowest BCUT2D eigenvalue weighted by Gasteiger charge is -2.15. The Hall–Kier alpha value is -1.17. The Morgan fingerprint density at radius 1 is 1.32 bits per heavy atom. The molecule has 0 saturated heterocycles. The van der Waals surface area contributed by atoms with Crippen LogP contribution >= 0.6 is 0 Å². The van der Waals surface area contributed by atoms with Gasteiger partial charge in [-0.05, 0) is 17.7 Å². The van der Waals surface area contributed by atoms with E-state index in [9.17, 15) is 8.42 Å². The third kappa shape index (κ3) is 4.45. The Labute approximate surface area is 116 Å². The van der Waals surface area contributed by atoms with Crippen LogP contribution in [0, 0.1) is 0 Å². The first-order valence-corrected chi connectivity index (χ1v) is 7.71. The van der Waals surface area contributed by atoms with Crippen LogP contribution in [-0.2, 0) is 16.6 Å². The van der Waals surface area contributed by atoms with Gasteiger partial charge >= 0.3 is 0 Å². The van der Waals surface area contributed by atoms with Gasteiger partial charge in [0.05, 0.1) is 4.90 Å². The van der Waals surface area contributed by atoms with Crippen molar-refractivity contribution < 1.29 is 8.42 Å². The summed E-state index contributed by atoms with van der Waals surface area (Å²) < 4.78 is 25.6. The van der Waals surface area contributed by atoms with Crippen molar-refractivity contribution in [2.75, 3.05) is 13.6 Å². The van der Waals surface area contributed by atoms with E-state index in [4.69, 9.17) is 0 Å². The number of hydrogen-bond acceptors (Lipinski definition) is 3. The fourth-order valence-corrected chi connectivity index (χ4v) is 2.70. The minimum absolute atomic E-state index is 0.305. The number of nitrogens with one attached hydrogen (secondary N) is 1. The van der Waals surface area contributed by atoms with Gasteiger partial charge in [0.2, 0.25) is 10.0 Å². The molecule has 1 N–H and O–H groups in total. The van der Waals surface area contributed by atoms with Crippen LogP contribution in [0.1, 0.15) is 19.4 Å². The van der Waals surface area contributed by atoms with Gasteiger partial charge in [-0.1, -0.05) is 32.1 Å². The Balaban J connectivity index is 2.83. The molecule has 0 spiro atoms. The van der Waals surface area contributed by atoms with Crippen molar-refractivity contribution >= 4 is 10.0 Å². The zero-order valence-electron chi connectivity index (χ0n) is 11.8. The highest BCUT2D eigenvalue weighted by Gasteiger charge is 2.19. The van der Waals surface area contributed by atoms with E-state index in [1.54, 1.807) is 25.3 Å². The zero-order valence-corrected chi connectivity index (χ0v) is 12.6. The zero-order chi connectivity index (χ0) is 14.5. The molecule has 1 rings (SSSR count). The quantitative estimate of drug-likeness (QED) is 0.778. The summed E-state index contributed by atoms with van der Waals surface area (Å²) in [6.45, 7) is 8.73. The van der Waals surface area contributed by atoms with Crippen molar-refractivity contribution in [3.8, 4) is 0 Å². The summed E-state index contributed by atoms with van der Waals surface area (Å²) in [5.74, 6) is 0. The smallest absolute Gasteiger partial charge is 0.243 e. The summed E-state index contributed by atoms with van der Waals surface area (Å²) in [6, 6.07) is 7.37. The lowest BCUT2D eigenvalue weighted by atomic mass is 10.2. The lowest BCUT2D eigenvalue weighted by Crippen LogP contribution is -2.27. The maximum Gasteiger partial charge on any atom is 0.243 e. The molecule has 0 heterocycles. The molecule has 0 bridgehead atoms. The Morgan fingerprint density at radius 3 is 2.37 bits per heavy atom. The third-order valence-electron chi connectivity index (χ3n) is 2.73. The second-order valence-corrected chi connectivity index (χ2v) is 6.80. The molecule has 5 heteroatoms. The highest BCUT2D eigenvalue weighted by molar-refractivity contribution is 7.89. The molecule has 0 radical (unpaired) electrons. The van der Waals surface area contributed by atoms with Gasteiger partial charge in [0.25, 0.3) is 0 Å². The van der Waals surface area contributed by atoms with E-state index in [0.29, 0.717) is 17.5 Å². The molecule has 1 aromatic rings. The molecule has 0 aliphatic rings. The van der Waals surface area contributed by atoms with Gasteiger partial charge in [0.15, 0.2) is 0 Å². The molecule has 0 saturated carbocycles. The van der Waals surface area contributed by atoms with Crippen LogP contribution in [0.3, 0.4) is 0 Å². The van der Waals surface area contributed by atoms with Crippen LogP contribution in [0.5, 0.6) is 0 Å². The summed E-state index contributed by atoms with van der Waals surface area (Å²) in [6.07, 6.45) is 1.57. The fourth-order valence-electron chi connectivity index (χ4n) is 1.56. The van der Waals surface area contributed by atoms with Crippen molar-refractivity contribution in [2.45, 2.75) is 31.3 Å². The average Bonchev–Trinajstić information content (AvgIpc) is 2.37. The van der Waals surface area contributed by atoms with Gasteiger partial charge in [-0.25, -0.2) is 8.42 Å². The number of benzene rings is 1. The van der Waals surface area contributed by atoms with Gasteiger partial charge in [0, 0.05) is 26.2 Å². The molecule has 106 valence electrons. The molecule has 0 fully saturated rings. The molecule has 0 aromatic heterocycles. The molecule has 4 nitrogen and oxygen atoms in total. The van der Waals surface area contributed by atoms with Crippen LogP contribution in [0.15, 0.2) is 41.8 Å². The van der Waals surface area contributed by atoms with Crippen molar-refractivity contribution in [2.24, 2.45) is 0 Å². The molecular weight excluding hydrogens is 260 g/mol. The Morgan fingerprint density at radius 2 is 1.89 bits per heavy atom. The first-order chi connectivity index (χ1) is 8.87. The first-order valence-electron chi connectivity index (χ1n) is 6.27. The van der Waals surface area contributed by atoms with E-state index >= 15 is 0 Å². The lowest BCUT2D eigenvalue weighted by molar-refractivity contribution is 0.499. The van der Waals surface area contributed by atoms with Crippen LogP contribution in [0.4, 0.5) is 0 Å². The van der Waals surface area contributed by atoms with Crippen LogP contribution in [-0.4, -0.2) is 32.4 Å². The van der Waals surface area contributed by atoms with E-state index < -0.39 is 10.0 Å². The molecule has 0 aliphatic heterocycles. The highest BCUT2D eigenvalue weighted by atomic mass is 32.2. The van der Waals surface area contributed by atoms with E-state index in [-0.39, 0.29) is 0 Å². The molecule has 1 aromatic carbocycles. The SMILES string of the molecule is C=CCN(C)S(=O)(=O)c1ccc(CNC(C)C)cc1.